The van der Waals surface area contributed by atoms with Gasteiger partial charge in [-0.1, -0.05) is 41.5 Å². The van der Waals surface area contributed by atoms with E-state index in [0.29, 0.717) is 5.41 Å². The van der Waals surface area contributed by atoms with Crippen LogP contribution in [0.5, 0.6) is 0 Å². The summed E-state index contributed by atoms with van der Waals surface area (Å²) in [5.41, 5.74) is 0.472. The van der Waals surface area contributed by atoms with E-state index < -0.39 is 0 Å². The van der Waals surface area contributed by atoms with E-state index in [2.05, 4.69) is 41.5 Å². The molecule has 0 rings (SSSR count). The predicted molar refractivity (Wildman–Crippen MR) is 52.4 cm³/mol. The van der Waals surface area contributed by atoms with Crippen LogP contribution >= 0.6 is 0 Å². The van der Waals surface area contributed by atoms with Crippen molar-refractivity contribution in [2.45, 2.75) is 47.5 Å². The summed E-state index contributed by atoms with van der Waals surface area (Å²) >= 11 is 0. The molecule has 1 radical (unpaired) electrons. The van der Waals surface area contributed by atoms with E-state index >= 15 is 0 Å². The van der Waals surface area contributed by atoms with Crippen LogP contribution in [0.15, 0.2) is 0 Å². The Hall–Kier alpha value is 0. The summed E-state index contributed by atoms with van der Waals surface area (Å²) < 4.78 is 0. The number of hydrogen-bond donors (Lipinski definition) is 0. The molecule has 0 aromatic rings. The predicted octanol–water partition coefficient (Wildman–Crippen LogP) is 3.92. The fourth-order valence-electron chi connectivity index (χ4n) is 2.24. The van der Waals surface area contributed by atoms with Gasteiger partial charge in [0.25, 0.3) is 0 Å². The zero-order valence-corrected chi connectivity index (χ0v) is 8.78. The summed E-state index contributed by atoms with van der Waals surface area (Å²) in [5, 5.41) is 0. The van der Waals surface area contributed by atoms with Crippen molar-refractivity contribution in [1.82, 2.24) is 0 Å². The highest BCUT2D eigenvalue weighted by molar-refractivity contribution is 4.84. The Morgan fingerprint density at radius 2 is 1.45 bits per heavy atom. The lowest BCUT2D eigenvalue weighted by Crippen LogP contribution is -2.31. The van der Waals surface area contributed by atoms with Crippen molar-refractivity contribution in [2.75, 3.05) is 0 Å². The van der Waals surface area contributed by atoms with Crippen LogP contribution in [0.2, 0.25) is 0 Å². The molecule has 0 aliphatic carbocycles. The lowest BCUT2D eigenvalue weighted by Gasteiger charge is -2.40. The molecule has 0 amide bonds. The van der Waals surface area contributed by atoms with Crippen LogP contribution in [0, 0.1) is 24.2 Å². The topological polar surface area (TPSA) is 0 Å². The maximum Gasteiger partial charge on any atom is -0.0254 e. The van der Waals surface area contributed by atoms with E-state index in [0.717, 1.165) is 18.3 Å². The number of hydrogen-bond acceptors (Lipinski definition) is 0. The molecule has 0 aromatic carbocycles. The second-order valence-corrected chi connectivity index (χ2v) is 4.15. The smallest absolute Gasteiger partial charge is 0.0254 e. The first-order valence-electron chi connectivity index (χ1n) is 4.80. The minimum absolute atomic E-state index is 0.472. The second-order valence-electron chi connectivity index (χ2n) is 4.15. The Balaban J connectivity index is 4.46. The molecule has 0 heteroatoms. The summed E-state index contributed by atoms with van der Waals surface area (Å²) in [5.74, 6) is 1.51. The van der Waals surface area contributed by atoms with Crippen molar-refractivity contribution in [3.63, 3.8) is 0 Å². The van der Waals surface area contributed by atoms with Gasteiger partial charge in [0.1, 0.15) is 0 Å². The molecule has 0 spiro atoms. The van der Waals surface area contributed by atoms with E-state index in [1.165, 1.54) is 6.42 Å². The highest BCUT2D eigenvalue weighted by Crippen LogP contribution is 2.41. The Morgan fingerprint density at radius 3 is 1.45 bits per heavy atom. The minimum atomic E-state index is 0.472. The molecule has 0 heterocycles. The first-order valence-corrected chi connectivity index (χ1v) is 4.80. The first kappa shape index (κ1) is 11.0. The van der Waals surface area contributed by atoms with Gasteiger partial charge < -0.3 is 0 Å². The highest BCUT2D eigenvalue weighted by Gasteiger charge is 2.32. The molecule has 0 nitrogen and oxygen atoms in total. The standard InChI is InChI=1S/C11H23/c1-7-11(8-2,9(3)4)10(5)6/h9-10H,1,7-8H2,2-6H3. The zero-order valence-electron chi connectivity index (χ0n) is 8.78. The van der Waals surface area contributed by atoms with Crippen molar-refractivity contribution in [1.29, 1.82) is 0 Å². The molecular formula is C11H23. The average molecular weight is 155 g/mol. The lowest BCUT2D eigenvalue weighted by molar-refractivity contribution is 0.108. The molecular weight excluding hydrogens is 132 g/mol. The van der Waals surface area contributed by atoms with Gasteiger partial charge >= 0.3 is 0 Å². The molecule has 0 saturated carbocycles. The van der Waals surface area contributed by atoms with E-state index in [-0.39, 0.29) is 0 Å². The van der Waals surface area contributed by atoms with Gasteiger partial charge in [0, 0.05) is 0 Å². The second kappa shape index (κ2) is 4.13. The van der Waals surface area contributed by atoms with Gasteiger partial charge in [0.15, 0.2) is 0 Å². The third-order valence-corrected chi connectivity index (χ3v) is 3.42. The van der Waals surface area contributed by atoms with Gasteiger partial charge in [-0.2, -0.15) is 0 Å². The maximum atomic E-state index is 4.07. The third-order valence-electron chi connectivity index (χ3n) is 3.42. The van der Waals surface area contributed by atoms with Crippen LogP contribution in [0.3, 0.4) is 0 Å². The summed E-state index contributed by atoms with van der Waals surface area (Å²) in [7, 11) is 0. The van der Waals surface area contributed by atoms with Crippen molar-refractivity contribution in [3.8, 4) is 0 Å². The van der Waals surface area contributed by atoms with Crippen LogP contribution in [0.1, 0.15) is 47.5 Å². The molecule has 0 N–H and O–H groups in total. The van der Waals surface area contributed by atoms with Gasteiger partial charge in [0.2, 0.25) is 0 Å². The normalized spacial score (nSPS) is 13.1. The van der Waals surface area contributed by atoms with Gasteiger partial charge in [-0.15, -0.1) is 0 Å². The highest BCUT2D eigenvalue weighted by atomic mass is 14.4. The molecule has 67 valence electrons. The molecule has 0 bridgehead atoms. The van der Waals surface area contributed by atoms with Crippen molar-refractivity contribution in [3.05, 3.63) is 6.92 Å². The lowest BCUT2D eigenvalue weighted by atomic mass is 9.65. The molecule has 0 unspecified atom stereocenters. The zero-order chi connectivity index (χ0) is 9.07. The summed E-state index contributed by atoms with van der Waals surface area (Å²) in [6.07, 6.45) is 2.32. The average Bonchev–Trinajstić information content (AvgIpc) is 1.90. The maximum absolute atomic E-state index is 4.07. The van der Waals surface area contributed by atoms with Crippen LogP contribution < -0.4 is 0 Å². The molecule has 11 heavy (non-hydrogen) atoms. The van der Waals surface area contributed by atoms with Gasteiger partial charge in [-0.3, -0.25) is 0 Å². The minimum Gasteiger partial charge on any atom is -0.0648 e. The largest absolute Gasteiger partial charge is 0.0648 e. The molecule has 0 aromatic heterocycles. The van der Waals surface area contributed by atoms with Crippen LogP contribution in [0.4, 0.5) is 0 Å². The first-order chi connectivity index (χ1) is 5.01. The SMILES string of the molecule is [CH2]CC(CC)(C(C)C)C(C)C. The Morgan fingerprint density at radius 1 is 1.09 bits per heavy atom. The summed E-state index contributed by atoms with van der Waals surface area (Å²) in [6.45, 7) is 15.6. The molecule has 0 aliphatic heterocycles. The number of rotatable bonds is 4. The molecule has 0 fully saturated rings. The van der Waals surface area contributed by atoms with Gasteiger partial charge in [-0.25, -0.2) is 0 Å². The van der Waals surface area contributed by atoms with Crippen LogP contribution in [-0.4, -0.2) is 0 Å². The van der Waals surface area contributed by atoms with E-state index in [9.17, 15) is 0 Å². The van der Waals surface area contributed by atoms with Crippen LogP contribution in [-0.2, 0) is 0 Å². The molecule has 0 atom stereocenters. The van der Waals surface area contributed by atoms with Crippen LogP contribution in [0.25, 0.3) is 0 Å². The Labute approximate surface area is 72.4 Å². The monoisotopic (exact) mass is 155 g/mol. The van der Waals surface area contributed by atoms with E-state index in [1.807, 2.05) is 0 Å². The molecule has 0 saturated heterocycles. The Kier molecular flexibility index (Phi) is 4.13. The van der Waals surface area contributed by atoms with Crippen molar-refractivity contribution in [2.24, 2.45) is 17.3 Å². The fraction of sp³-hybridized carbons (Fsp3) is 0.909. The van der Waals surface area contributed by atoms with E-state index in [4.69, 9.17) is 0 Å². The fourth-order valence-corrected chi connectivity index (χ4v) is 2.24. The van der Waals surface area contributed by atoms with Gasteiger partial charge in [0.05, 0.1) is 0 Å². The van der Waals surface area contributed by atoms with Crippen molar-refractivity contribution >= 4 is 0 Å². The van der Waals surface area contributed by atoms with E-state index in [1.54, 1.807) is 0 Å². The summed E-state index contributed by atoms with van der Waals surface area (Å²) in [4.78, 5) is 0. The van der Waals surface area contributed by atoms with Crippen molar-refractivity contribution < 1.29 is 0 Å². The molecule has 0 aliphatic rings. The third kappa shape index (κ3) is 1.98. The Bertz CT molecular complexity index is 86.6. The quantitative estimate of drug-likeness (QED) is 0.577. The summed E-state index contributed by atoms with van der Waals surface area (Å²) in [6, 6.07) is 0. The van der Waals surface area contributed by atoms with Gasteiger partial charge in [-0.05, 0) is 30.1 Å².